The second kappa shape index (κ2) is 3.49. The van der Waals surface area contributed by atoms with Crippen LogP contribution in [0.1, 0.15) is 19.3 Å². The highest BCUT2D eigenvalue weighted by atomic mass is 16.4. The highest BCUT2D eigenvalue weighted by molar-refractivity contribution is 6.02. The third-order valence-electron chi connectivity index (χ3n) is 1.90. The lowest BCUT2D eigenvalue weighted by Crippen LogP contribution is -2.36. The Morgan fingerprint density at radius 1 is 1.67 bits per heavy atom. The maximum atomic E-state index is 11.1. The van der Waals surface area contributed by atoms with Gasteiger partial charge in [-0.3, -0.25) is 9.59 Å². The molecule has 4 heteroatoms. The standard InChI is InChI=1S/C8H11NO3/c9-7(8(11)12)5-3-1-2-4-6(5)10/h3,7H,1-2,4,9H2,(H,11,12)/t7-/m0/s1. The first-order chi connectivity index (χ1) is 5.63. The molecule has 0 aromatic carbocycles. The molecule has 1 rings (SSSR count). The van der Waals surface area contributed by atoms with Crippen LogP contribution in [0.4, 0.5) is 0 Å². The number of rotatable bonds is 2. The first-order valence-electron chi connectivity index (χ1n) is 3.84. The van der Waals surface area contributed by atoms with Gasteiger partial charge in [0, 0.05) is 12.0 Å². The number of aliphatic carboxylic acids is 1. The van der Waals surface area contributed by atoms with Crippen molar-refractivity contribution in [3.8, 4) is 0 Å². The lowest BCUT2D eigenvalue weighted by molar-refractivity contribution is -0.138. The van der Waals surface area contributed by atoms with Crippen molar-refractivity contribution < 1.29 is 14.7 Å². The van der Waals surface area contributed by atoms with E-state index in [2.05, 4.69) is 0 Å². The van der Waals surface area contributed by atoms with Crippen molar-refractivity contribution in [3.63, 3.8) is 0 Å². The van der Waals surface area contributed by atoms with Crippen LogP contribution < -0.4 is 5.73 Å². The van der Waals surface area contributed by atoms with Gasteiger partial charge in [0.15, 0.2) is 5.78 Å². The zero-order valence-corrected chi connectivity index (χ0v) is 6.62. The first kappa shape index (κ1) is 8.93. The van der Waals surface area contributed by atoms with Crippen LogP contribution in [0.2, 0.25) is 0 Å². The van der Waals surface area contributed by atoms with Crippen molar-refractivity contribution in [2.45, 2.75) is 25.3 Å². The Balaban J connectivity index is 2.78. The van der Waals surface area contributed by atoms with Gasteiger partial charge in [-0.2, -0.15) is 0 Å². The molecule has 0 spiro atoms. The van der Waals surface area contributed by atoms with Crippen LogP contribution in [0.15, 0.2) is 11.6 Å². The zero-order chi connectivity index (χ0) is 9.14. The van der Waals surface area contributed by atoms with E-state index in [1.807, 2.05) is 0 Å². The van der Waals surface area contributed by atoms with Gasteiger partial charge < -0.3 is 10.8 Å². The van der Waals surface area contributed by atoms with Crippen molar-refractivity contribution >= 4 is 11.8 Å². The van der Waals surface area contributed by atoms with Crippen molar-refractivity contribution in [2.75, 3.05) is 0 Å². The Hall–Kier alpha value is -1.16. The van der Waals surface area contributed by atoms with E-state index in [-0.39, 0.29) is 11.4 Å². The van der Waals surface area contributed by atoms with E-state index in [1.54, 1.807) is 6.08 Å². The van der Waals surface area contributed by atoms with Crippen molar-refractivity contribution in [3.05, 3.63) is 11.6 Å². The average Bonchev–Trinajstić information content (AvgIpc) is 2.04. The van der Waals surface area contributed by atoms with Crippen molar-refractivity contribution in [1.29, 1.82) is 0 Å². The molecule has 0 unspecified atom stereocenters. The maximum absolute atomic E-state index is 11.1. The quantitative estimate of drug-likeness (QED) is 0.613. The molecule has 3 N–H and O–H groups in total. The number of Topliss-reactive ketones (excluding diaryl/α,β-unsaturated/α-hetero) is 1. The number of carbonyl (C=O) groups is 2. The topological polar surface area (TPSA) is 80.4 Å². The van der Waals surface area contributed by atoms with Crippen molar-refractivity contribution in [1.82, 2.24) is 0 Å². The molecule has 0 radical (unpaired) electrons. The third kappa shape index (κ3) is 1.71. The molecule has 1 aliphatic rings. The van der Waals surface area contributed by atoms with Crippen LogP contribution in [-0.4, -0.2) is 22.9 Å². The van der Waals surface area contributed by atoms with Gasteiger partial charge in [0.05, 0.1) is 0 Å². The summed E-state index contributed by atoms with van der Waals surface area (Å²) in [5.74, 6) is -1.27. The van der Waals surface area contributed by atoms with Gasteiger partial charge >= 0.3 is 5.97 Å². The summed E-state index contributed by atoms with van der Waals surface area (Å²) in [6.45, 7) is 0. The molecule has 0 aliphatic heterocycles. The number of carbonyl (C=O) groups excluding carboxylic acids is 1. The van der Waals surface area contributed by atoms with E-state index >= 15 is 0 Å². The minimum atomic E-state index is -1.14. The van der Waals surface area contributed by atoms with Crippen LogP contribution in [-0.2, 0) is 9.59 Å². The number of carboxylic acids is 1. The highest BCUT2D eigenvalue weighted by Crippen LogP contribution is 2.15. The number of hydrogen-bond acceptors (Lipinski definition) is 3. The number of nitrogens with two attached hydrogens (primary N) is 1. The molecule has 0 bridgehead atoms. The number of allylic oxidation sites excluding steroid dienone is 1. The third-order valence-corrected chi connectivity index (χ3v) is 1.90. The van der Waals surface area contributed by atoms with E-state index in [0.29, 0.717) is 6.42 Å². The van der Waals surface area contributed by atoms with E-state index < -0.39 is 12.0 Å². The predicted molar refractivity (Wildman–Crippen MR) is 42.6 cm³/mol. The summed E-state index contributed by atoms with van der Waals surface area (Å²) in [6.07, 6.45) is 3.61. The molecular weight excluding hydrogens is 158 g/mol. The molecule has 0 heterocycles. The normalized spacial score (nSPS) is 20.1. The summed E-state index contributed by atoms with van der Waals surface area (Å²) in [5, 5.41) is 8.53. The molecule has 0 saturated heterocycles. The Kier molecular flexibility index (Phi) is 2.60. The van der Waals surface area contributed by atoms with Gasteiger partial charge in [-0.05, 0) is 12.8 Å². The number of ketones is 1. The lowest BCUT2D eigenvalue weighted by Gasteiger charge is -2.14. The second-order valence-corrected chi connectivity index (χ2v) is 2.79. The Bertz CT molecular complexity index is 245. The predicted octanol–water partition coefficient (Wildman–Crippen LogP) is 0.0777. The molecule has 4 nitrogen and oxygen atoms in total. The van der Waals surface area contributed by atoms with Crippen LogP contribution in [0, 0.1) is 0 Å². The van der Waals surface area contributed by atoms with Crippen LogP contribution in [0.25, 0.3) is 0 Å². The van der Waals surface area contributed by atoms with Gasteiger partial charge in [0.25, 0.3) is 0 Å². The second-order valence-electron chi connectivity index (χ2n) is 2.79. The minimum absolute atomic E-state index is 0.129. The van der Waals surface area contributed by atoms with Crippen molar-refractivity contribution in [2.24, 2.45) is 5.73 Å². The van der Waals surface area contributed by atoms with E-state index in [1.165, 1.54) is 0 Å². The van der Waals surface area contributed by atoms with Gasteiger partial charge in [-0.15, -0.1) is 0 Å². The lowest BCUT2D eigenvalue weighted by atomic mass is 9.93. The Morgan fingerprint density at radius 3 is 2.83 bits per heavy atom. The van der Waals surface area contributed by atoms with Crippen LogP contribution in [0.3, 0.4) is 0 Å². The fourth-order valence-corrected chi connectivity index (χ4v) is 1.21. The van der Waals surface area contributed by atoms with Gasteiger partial charge in [-0.1, -0.05) is 6.08 Å². The summed E-state index contributed by atoms with van der Waals surface area (Å²) < 4.78 is 0. The first-order valence-corrected chi connectivity index (χ1v) is 3.84. The molecule has 0 aromatic rings. The van der Waals surface area contributed by atoms with Crippen LogP contribution >= 0.6 is 0 Å². The van der Waals surface area contributed by atoms with Crippen LogP contribution in [0.5, 0.6) is 0 Å². The van der Waals surface area contributed by atoms with Gasteiger partial charge in [0.2, 0.25) is 0 Å². The molecule has 1 aliphatic carbocycles. The zero-order valence-electron chi connectivity index (χ0n) is 6.62. The summed E-state index contributed by atoms with van der Waals surface area (Å²) in [4.78, 5) is 21.6. The van der Waals surface area contributed by atoms with E-state index in [0.717, 1.165) is 12.8 Å². The number of hydrogen-bond donors (Lipinski definition) is 2. The molecule has 0 aromatic heterocycles. The Labute approximate surface area is 70.1 Å². The summed E-state index contributed by atoms with van der Waals surface area (Å²) in [5.41, 5.74) is 5.55. The minimum Gasteiger partial charge on any atom is -0.480 e. The summed E-state index contributed by atoms with van der Waals surface area (Å²) >= 11 is 0. The summed E-state index contributed by atoms with van der Waals surface area (Å²) in [6, 6.07) is -1.14. The average molecular weight is 169 g/mol. The molecule has 0 saturated carbocycles. The largest absolute Gasteiger partial charge is 0.480 e. The fourth-order valence-electron chi connectivity index (χ4n) is 1.21. The molecule has 0 amide bonds. The molecule has 0 fully saturated rings. The highest BCUT2D eigenvalue weighted by Gasteiger charge is 2.24. The molecule has 12 heavy (non-hydrogen) atoms. The number of carboxylic acid groups (broad SMARTS) is 1. The molecule has 66 valence electrons. The van der Waals surface area contributed by atoms with E-state index in [4.69, 9.17) is 10.8 Å². The maximum Gasteiger partial charge on any atom is 0.325 e. The summed E-state index contributed by atoms with van der Waals surface area (Å²) in [7, 11) is 0. The SMILES string of the molecule is N[C@H](C(=O)O)C1=CCCCC1=O. The molecular formula is C8H11NO3. The Morgan fingerprint density at radius 2 is 2.33 bits per heavy atom. The monoisotopic (exact) mass is 169 g/mol. The molecule has 1 atom stereocenters. The van der Waals surface area contributed by atoms with Gasteiger partial charge in [0.1, 0.15) is 6.04 Å². The fraction of sp³-hybridized carbons (Fsp3) is 0.500. The smallest absolute Gasteiger partial charge is 0.325 e. The van der Waals surface area contributed by atoms with Gasteiger partial charge in [-0.25, -0.2) is 0 Å². The van der Waals surface area contributed by atoms with E-state index in [9.17, 15) is 9.59 Å².